The average Bonchev–Trinajstić information content (AvgIpc) is 2.93. The molecule has 5 nitrogen and oxygen atoms in total. The van der Waals surface area contributed by atoms with Gasteiger partial charge in [-0.2, -0.15) is 40.8 Å². The maximum Gasteiger partial charge on any atom is 0.460 e. The third kappa shape index (κ3) is 3.23. The number of hydrogen-bond acceptors (Lipinski definition) is 4. The van der Waals surface area contributed by atoms with Crippen molar-refractivity contribution < 1.29 is 40.6 Å². The van der Waals surface area contributed by atoms with Crippen LogP contribution in [-0.4, -0.2) is 50.5 Å². The first-order valence-electron chi connectivity index (χ1n) is 7.84. The molecule has 0 radical (unpaired) electrons. The molecule has 1 aliphatic heterocycles. The summed E-state index contributed by atoms with van der Waals surface area (Å²) in [5, 5.41) is 14.0. The topological polar surface area (TPSA) is 65.8 Å². The number of hydrazone groups is 1. The second-order valence-corrected chi connectivity index (χ2v) is 7.29. The van der Waals surface area contributed by atoms with Crippen molar-refractivity contribution in [2.45, 2.75) is 50.9 Å². The van der Waals surface area contributed by atoms with Crippen molar-refractivity contribution in [1.82, 2.24) is 9.99 Å². The van der Waals surface area contributed by atoms with Gasteiger partial charge in [0.15, 0.2) is 5.72 Å². The molecule has 1 N–H and O–H groups in total. The number of pyridine rings is 1. The summed E-state index contributed by atoms with van der Waals surface area (Å²) in [5.74, 6) is -13.4. The highest BCUT2D eigenvalue weighted by molar-refractivity contribution is 6.00. The third-order valence-corrected chi connectivity index (χ3v) is 4.42. The van der Waals surface area contributed by atoms with Crippen molar-refractivity contribution in [3.8, 4) is 0 Å². The molecule has 1 aromatic rings. The molecule has 0 saturated carbocycles. The minimum atomic E-state index is -6.57. The minimum Gasteiger partial charge on any atom is -0.368 e. The molecule has 0 saturated heterocycles. The summed E-state index contributed by atoms with van der Waals surface area (Å²) in [7, 11) is 0. The average molecular weight is 415 g/mol. The molecule has 1 amide bonds. The van der Waals surface area contributed by atoms with Gasteiger partial charge in [0.1, 0.15) is 5.71 Å². The number of aliphatic hydroxyl groups is 1. The van der Waals surface area contributed by atoms with Crippen LogP contribution < -0.4 is 0 Å². The summed E-state index contributed by atoms with van der Waals surface area (Å²) in [6.45, 7) is 3.87. The van der Waals surface area contributed by atoms with Gasteiger partial charge in [0.25, 0.3) is 5.91 Å². The normalized spacial score (nSPS) is 21.7. The molecule has 156 valence electrons. The van der Waals surface area contributed by atoms with Gasteiger partial charge in [0, 0.05) is 29.8 Å². The SMILES string of the molecule is CC(C)(C)[C@@]1(O)CC(C(F)(F)C(F)(F)C(F)(F)F)=NN1C(=O)c1ccncc1. The molecule has 1 atom stereocenters. The number of carbonyl (C=O) groups excluding carboxylic acids is 1. The molecule has 28 heavy (non-hydrogen) atoms. The number of nitrogens with zero attached hydrogens (tertiary/aromatic N) is 3. The lowest BCUT2D eigenvalue weighted by Gasteiger charge is -2.41. The number of hydrogen-bond donors (Lipinski definition) is 1. The standard InChI is InChI=1S/C16H16F7N3O2/c1-12(2,3)13(28)8-10(14(17,18)15(19,20)16(21,22)23)25-26(13)11(27)9-4-6-24-7-5-9/h4-7,28H,8H2,1-3H3/t13-/m0/s1. The highest BCUT2D eigenvalue weighted by Crippen LogP contribution is 2.51. The van der Waals surface area contributed by atoms with Crippen LogP contribution in [0.1, 0.15) is 37.6 Å². The van der Waals surface area contributed by atoms with Gasteiger partial charge in [-0.1, -0.05) is 20.8 Å². The minimum absolute atomic E-state index is 0.123. The van der Waals surface area contributed by atoms with Gasteiger partial charge in [-0.3, -0.25) is 9.78 Å². The van der Waals surface area contributed by atoms with Crippen molar-refractivity contribution in [3.05, 3.63) is 30.1 Å². The molecule has 1 aliphatic rings. The smallest absolute Gasteiger partial charge is 0.368 e. The number of rotatable bonds is 3. The van der Waals surface area contributed by atoms with Gasteiger partial charge in [0.05, 0.1) is 0 Å². The molecule has 2 heterocycles. The number of alkyl halides is 7. The monoisotopic (exact) mass is 415 g/mol. The Hall–Kier alpha value is -2.24. The lowest BCUT2D eigenvalue weighted by molar-refractivity contribution is -0.336. The van der Waals surface area contributed by atoms with Crippen LogP contribution in [0.2, 0.25) is 0 Å². The Labute approximate surface area is 154 Å². The zero-order valence-electron chi connectivity index (χ0n) is 14.9. The molecule has 2 rings (SSSR count). The maximum absolute atomic E-state index is 14.1. The van der Waals surface area contributed by atoms with Crippen molar-refractivity contribution >= 4 is 11.6 Å². The molecule has 0 aromatic carbocycles. The van der Waals surface area contributed by atoms with Gasteiger partial charge in [-0.05, 0) is 12.1 Å². The van der Waals surface area contributed by atoms with Crippen LogP contribution in [0.15, 0.2) is 29.6 Å². The van der Waals surface area contributed by atoms with Crippen molar-refractivity contribution in [1.29, 1.82) is 0 Å². The van der Waals surface area contributed by atoms with Crippen molar-refractivity contribution in [2.24, 2.45) is 10.5 Å². The molecular formula is C16H16F7N3O2. The number of aromatic nitrogens is 1. The summed E-state index contributed by atoms with van der Waals surface area (Å²) in [5.41, 5.74) is -6.14. The first-order valence-corrected chi connectivity index (χ1v) is 7.84. The first-order chi connectivity index (χ1) is 12.5. The van der Waals surface area contributed by atoms with Crippen LogP contribution in [0.25, 0.3) is 0 Å². The summed E-state index contributed by atoms with van der Waals surface area (Å²) >= 11 is 0. The Bertz CT molecular complexity index is 788. The number of carbonyl (C=O) groups is 1. The van der Waals surface area contributed by atoms with E-state index in [-0.39, 0.29) is 10.6 Å². The van der Waals surface area contributed by atoms with E-state index in [2.05, 4.69) is 10.1 Å². The van der Waals surface area contributed by atoms with Crippen LogP contribution >= 0.6 is 0 Å². The van der Waals surface area contributed by atoms with Crippen LogP contribution in [0, 0.1) is 5.41 Å². The molecule has 0 unspecified atom stereocenters. The predicted octanol–water partition coefficient (Wildman–Crippen LogP) is 3.85. The third-order valence-electron chi connectivity index (χ3n) is 4.42. The van der Waals surface area contributed by atoms with E-state index in [1.807, 2.05) is 0 Å². The molecule has 12 heteroatoms. The van der Waals surface area contributed by atoms with Crippen LogP contribution in [0.3, 0.4) is 0 Å². The van der Waals surface area contributed by atoms with Gasteiger partial charge in [-0.25, -0.2) is 0 Å². The zero-order chi connectivity index (χ0) is 21.8. The molecule has 0 spiro atoms. The van der Waals surface area contributed by atoms with Crippen LogP contribution in [0.4, 0.5) is 30.7 Å². The van der Waals surface area contributed by atoms with Gasteiger partial charge < -0.3 is 5.11 Å². The predicted molar refractivity (Wildman–Crippen MR) is 82.8 cm³/mol. The Morgan fingerprint density at radius 1 is 1.07 bits per heavy atom. The fourth-order valence-corrected chi connectivity index (χ4v) is 2.49. The molecule has 0 bridgehead atoms. The van der Waals surface area contributed by atoms with E-state index in [4.69, 9.17) is 0 Å². The molecular weight excluding hydrogens is 399 g/mol. The summed E-state index contributed by atoms with van der Waals surface area (Å²) < 4.78 is 92.5. The van der Waals surface area contributed by atoms with E-state index in [9.17, 15) is 40.6 Å². The largest absolute Gasteiger partial charge is 0.460 e. The number of halogens is 7. The van der Waals surface area contributed by atoms with E-state index in [1.54, 1.807) is 0 Å². The Kier molecular flexibility index (Phi) is 5.04. The van der Waals surface area contributed by atoms with Crippen molar-refractivity contribution in [2.75, 3.05) is 0 Å². The quantitative estimate of drug-likeness (QED) is 0.763. The highest BCUT2D eigenvalue weighted by Gasteiger charge is 2.76. The highest BCUT2D eigenvalue weighted by atomic mass is 19.4. The van der Waals surface area contributed by atoms with Gasteiger partial charge in [-0.15, -0.1) is 0 Å². The van der Waals surface area contributed by atoms with E-state index in [0.29, 0.717) is 0 Å². The van der Waals surface area contributed by atoms with E-state index in [0.717, 1.165) is 24.5 Å². The fraction of sp³-hybridized carbons (Fsp3) is 0.562. The lowest BCUT2D eigenvalue weighted by Crippen LogP contribution is -2.58. The Balaban J connectivity index is 2.58. The van der Waals surface area contributed by atoms with Gasteiger partial charge in [0.2, 0.25) is 0 Å². The van der Waals surface area contributed by atoms with Crippen LogP contribution in [-0.2, 0) is 0 Å². The zero-order valence-corrected chi connectivity index (χ0v) is 14.9. The maximum atomic E-state index is 14.1. The van der Waals surface area contributed by atoms with E-state index < -0.39 is 47.2 Å². The summed E-state index contributed by atoms with van der Waals surface area (Å²) in [6.07, 6.45) is -5.64. The Morgan fingerprint density at radius 3 is 2.00 bits per heavy atom. The second-order valence-electron chi connectivity index (χ2n) is 7.29. The summed E-state index contributed by atoms with van der Waals surface area (Å²) in [6, 6.07) is 2.28. The second kappa shape index (κ2) is 6.39. The molecule has 1 aromatic heterocycles. The molecule has 0 fully saturated rings. The number of amides is 1. The lowest BCUT2D eigenvalue weighted by atomic mass is 9.79. The first kappa shape index (κ1) is 22.1. The Morgan fingerprint density at radius 2 is 1.57 bits per heavy atom. The summed E-state index contributed by atoms with van der Waals surface area (Å²) in [4.78, 5) is 16.2. The van der Waals surface area contributed by atoms with Crippen molar-refractivity contribution in [3.63, 3.8) is 0 Å². The van der Waals surface area contributed by atoms with E-state index in [1.165, 1.54) is 20.8 Å². The van der Waals surface area contributed by atoms with Gasteiger partial charge >= 0.3 is 18.0 Å². The fourth-order valence-electron chi connectivity index (χ4n) is 2.49. The van der Waals surface area contributed by atoms with Crippen LogP contribution in [0.5, 0.6) is 0 Å². The van der Waals surface area contributed by atoms with E-state index >= 15 is 0 Å². The molecule has 0 aliphatic carbocycles.